The lowest BCUT2D eigenvalue weighted by atomic mass is 9.97. The van der Waals surface area contributed by atoms with Crippen LogP contribution in [0.5, 0.6) is 0 Å². The zero-order valence-electron chi connectivity index (χ0n) is 11.6. The van der Waals surface area contributed by atoms with E-state index in [1.807, 2.05) is 25.1 Å². The molecule has 0 spiro atoms. The Morgan fingerprint density at radius 1 is 1.35 bits per heavy atom. The van der Waals surface area contributed by atoms with Gasteiger partial charge >= 0.3 is 0 Å². The van der Waals surface area contributed by atoms with Crippen molar-refractivity contribution in [2.45, 2.75) is 38.8 Å². The number of rotatable bonds is 3. The summed E-state index contributed by atoms with van der Waals surface area (Å²) in [6.45, 7) is 3.58. The number of fused-ring (bicyclic) bond motifs is 1. The summed E-state index contributed by atoms with van der Waals surface area (Å²) in [4.78, 5) is 22.8. The van der Waals surface area contributed by atoms with E-state index in [-0.39, 0.29) is 30.3 Å². The molecule has 1 aromatic carbocycles. The quantitative estimate of drug-likeness (QED) is 0.791. The molecule has 20 heavy (non-hydrogen) atoms. The van der Waals surface area contributed by atoms with Crippen LogP contribution in [0.2, 0.25) is 0 Å². The number of amides is 2. The van der Waals surface area contributed by atoms with E-state index >= 15 is 0 Å². The van der Waals surface area contributed by atoms with Crippen molar-refractivity contribution in [3.8, 4) is 0 Å². The van der Waals surface area contributed by atoms with E-state index in [1.165, 1.54) is 0 Å². The highest BCUT2D eigenvalue weighted by molar-refractivity contribution is 5.93. The van der Waals surface area contributed by atoms with Gasteiger partial charge in [0.15, 0.2) is 0 Å². The summed E-state index contributed by atoms with van der Waals surface area (Å²) in [6, 6.07) is 5.22. The second-order valence-electron chi connectivity index (χ2n) is 4.98. The summed E-state index contributed by atoms with van der Waals surface area (Å²) >= 11 is 0. The van der Waals surface area contributed by atoms with Crippen molar-refractivity contribution < 1.29 is 9.59 Å². The summed E-state index contributed by atoms with van der Waals surface area (Å²) in [5, 5.41) is 5.70. The zero-order chi connectivity index (χ0) is 14.0. The molecule has 0 aromatic heterocycles. The number of nitrogens with one attached hydrogen (secondary N) is 2. The highest BCUT2D eigenvalue weighted by atomic mass is 35.5. The highest BCUT2D eigenvalue weighted by Crippen LogP contribution is 2.26. The molecule has 0 radical (unpaired) electrons. The van der Waals surface area contributed by atoms with Crippen molar-refractivity contribution in [1.29, 1.82) is 0 Å². The van der Waals surface area contributed by atoms with Crippen LogP contribution in [0.25, 0.3) is 0 Å². The normalized spacial score (nSPS) is 16.2. The lowest BCUT2D eigenvalue weighted by Crippen LogP contribution is -2.39. The van der Waals surface area contributed by atoms with Crippen LogP contribution in [0.3, 0.4) is 0 Å². The number of anilines is 1. The second-order valence-corrected chi connectivity index (χ2v) is 4.98. The number of nitrogens with two attached hydrogens (primary N) is 1. The van der Waals surface area contributed by atoms with E-state index in [2.05, 4.69) is 10.6 Å². The summed E-state index contributed by atoms with van der Waals surface area (Å²) < 4.78 is 0. The van der Waals surface area contributed by atoms with E-state index in [4.69, 9.17) is 5.73 Å². The third kappa shape index (κ3) is 3.71. The maximum Gasteiger partial charge on any atom is 0.237 e. The Hall–Kier alpha value is -1.59. The molecule has 6 heteroatoms. The van der Waals surface area contributed by atoms with Gasteiger partial charge in [-0.15, -0.1) is 12.4 Å². The van der Waals surface area contributed by atoms with Crippen LogP contribution in [0, 0.1) is 0 Å². The molecule has 1 heterocycles. The lowest BCUT2D eigenvalue weighted by Gasteiger charge is -2.21. The third-order valence-electron chi connectivity index (χ3n) is 3.30. The van der Waals surface area contributed by atoms with Crippen molar-refractivity contribution in [3.63, 3.8) is 0 Å². The first-order valence-electron chi connectivity index (χ1n) is 6.46. The molecule has 2 atom stereocenters. The van der Waals surface area contributed by atoms with Crippen LogP contribution in [-0.4, -0.2) is 17.9 Å². The number of carbonyl (C=O) groups excluding carboxylic acids is 2. The standard InChI is InChI=1S/C14H19N3O2.ClH/c1-8(15)14(19)16-9(2)10-3-5-12-11(7-10)4-6-13(18)17-12;/h3,5,7-9H,4,6,15H2,1-2H3,(H,16,19)(H,17,18);1H. The van der Waals surface area contributed by atoms with Crippen molar-refractivity contribution in [1.82, 2.24) is 5.32 Å². The number of benzene rings is 1. The maximum atomic E-state index is 11.6. The zero-order valence-corrected chi connectivity index (χ0v) is 12.4. The molecular formula is C14H20ClN3O2. The topological polar surface area (TPSA) is 84.2 Å². The first-order chi connectivity index (χ1) is 8.97. The first-order valence-corrected chi connectivity index (χ1v) is 6.46. The Kier molecular flexibility index (Phi) is 5.53. The molecule has 0 aliphatic carbocycles. The van der Waals surface area contributed by atoms with E-state index in [1.54, 1.807) is 6.92 Å². The molecule has 0 fully saturated rings. The molecule has 1 aliphatic rings. The monoisotopic (exact) mass is 297 g/mol. The minimum absolute atomic E-state index is 0. The molecule has 0 bridgehead atoms. The number of carbonyl (C=O) groups is 2. The van der Waals surface area contributed by atoms with E-state index in [9.17, 15) is 9.59 Å². The Labute approximate surface area is 124 Å². The van der Waals surface area contributed by atoms with Crippen LogP contribution >= 0.6 is 12.4 Å². The third-order valence-corrected chi connectivity index (χ3v) is 3.30. The van der Waals surface area contributed by atoms with Gasteiger partial charge in [0.05, 0.1) is 12.1 Å². The molecular weight excluding hydrogens is 278 g/mol. The summed E-state index contributed by atoms with van der Waals surface area (Å²) in [6.07, 6.45) is 1.25. The summed E-state index contributed by atoms with van der Waals surface area (Å²) in [5.41, 5.74) is 8.52. The smallest absolute Gasteiger partial charge is 0.237 e. The molecule has 110 valence electrons. The van der Waals surface area contributed by atoms with Crippen LogP contribution < -0.4 is 16.4 Å². The molecule has 2 unspecified atom stereocenters. The second kappa shape index (κ2) is 6.72. The molecule has 4 N–H and O–H groups in total. The Morgan fingerprint density at radius 3 is 2.70 bits per heavy atom. The number of halogens is 1. The Morgan fingerprint density at radius 2 is 2.05 bits per heavy atom. The van der Waals surface area contributed by atoms with Crippen LogP contribution in [0.1, 0.15) is 37.4 Å². The van der Waals surface area contributed by atoms with Gasteiger partial charge in [-0.2, -0.15) is 0 Å². The van der Waals surface area contributed by atoms with Gasteiger partial charge in [0.25, 0.3) is 0 Å². The van der Waals surface area contributed by atoms with Gasteiger partial charge < -0.3 is 16.4 Å². The summed E-state index contributed by atoms with van der Waals surface area (Å²) in [7, 11) is 0. The van der Waals surface area contributed by atoms with Crippen molar-refractivity contribution in [2.75, 3.05) is 5.32 Å². The molecule has 2 amide bonds. The van der Waals surface area contributed by atoms with Crippen LogP contribution in [-0.2, 0) is 16.0 Å². The predicted molar refractivity (Wildman–Crippen MR) is 80.8 cm³/mol. The number of hydrogen-bond donors (Lipinski definition) is 3. The van der Waals surface area contributed by atoms with E-state index < -0.39 is 6.04 Å². The van der Waals surface area contributed by atoms with Gasteiger partial charge in [-0.05, 0) is 37.5 Å². The average molecular weight is 298 g/mol. The highest BCUT2D eigenvalue weighted by Gasteiger charge is 2.17. The van der Waals surface area contributed by atoms with Crippen molar-refractivity contribution in [3.05, 3.63) is 29.3 Å². The van der Waals surface area contributed by atoms with E-state index in [0.717, 1.165) is 23.2 Å². The minimum Gasteiger partial charge on any atom is -0.348 e. The molecule has 1 aliphatic heterocycles. The average Bonchev–Trinajstić information content (AvgIpc) is 2.37. The van der Waals surface area contributed by atoms with Crippen molar-refractivity contribution in [2.24, 2.45) is 5.73 Å². The first kappa shape index (κ1) is 16.5. The van der Waals surface area contributed by atoms with Gasteiger partial charge in [-0.1, -0.05) is 12.1 Å². The van der Waals surface area contributed by atoms with E-state index in [0.29, 0.717) is 6.42 Å². The molecule has 0 saturated carbocycles. The fourth-order valence-corrected chi connectivity index (χ4v) is 2.10. The molecule has 2 rings (SSSR count). The van der Waals surface area contributed by atoms with Gasteiger partial charge in [0, 0.05) is 12.1 Å². The summed E-state index contributed by atoms with van der Waals surface area (Å²) in [5.74, 6) is -0.114. The lowest BCUT2D eigenvalue weighted by molar-refractivity contribution is -0.122. The van der Waals surface area contributed by atoms with Crippen LogP contribution in [0.4, 0.5) is 5.69 Å². The predicted octanol–water partition coefficient (Wildman–Crippen LogP) is 1.52. The SMILES string of the molecule is CC(N)C(=O)NC(C)c1ccc2c(c1)CCC(=O)N2.Cl. The van der Waals surface area contributed by atoms with Crippen molar-refractivity contribution >= 4 is 29.9 Å². The molecule has 5 nitrogen and oxygen atoms in total. The van der Waals surface area contributed by atoms with Gasteiger partial charge in [0.1, 0.15) is 0 Å². The molecule has 0 saturated heterocycles. The van der Waals surface area contributed by atoms with Gasteiger partial charge in [-0.25, -0.2) is 0 Å². The molecule has 1 aromatic rings. The van der Waals surface area contributed by atoms with Gasteiger partial charge in [-0.3, -0.25) is 9.59 Å². The minimum atomic E-state index is -0.514. The maximum absolute atomic E-state index is 11.6. The number of aryl methyl sites for hydroxylation is 1. The Balaban J connectivity index is 0.00000200. The fraction of sp³-hybridized carbons (Fsp3) is 0.429. The fourth-order valence-electron chi connectivity index (χ4n) is 2.10. The number of hydrogen-bond acceptors (Lipinski definition) is 3. The van der Waals surface area contributed by atoms with Gasteiger partial charge in [0.2, 0.25) is 11.8 Å². The van der Waals surface area contributed by atoms with Crippen LogP contribution in [0.15, 0.2) is 18.2 Å². The Bertz CT molecular complexity index is 517. The largest absolute Gasteiger partial charge is 0.348 e.